The summed E-state index contributed by atoms with van der Waals surface area (Å²) in [6.07, 6.45) is 0. The van der Waals surface area contributed by atoms with Crippen molar-refractivity contribution in [2.45, 2.75) is 6.54 Å². The molecule has 0 N–H and O–H groups in total. The second-order valence-electron chi connectivity index (χ2n) is 5.71. The maximum Gasteiger partial charge on any atom is 0.137 e. The van der Waals surface area contributed by atoms with Crippen molar-refractivity contribution in [3.05, 3.63) is 64.1 Å². The quantitative estimate of drug-likeness (QED) is 0.703. The molecular formula is C17H20Cl2NO+. The number of rotatable bonds is 6. The molecule has 0 aromatic heterocycles. The lowest BCUT2D eigenvalue weighted by Gasteiger charge is -2.30. The number of hydrogen-bond donors (Lipinski definition) is 0. The topological polar surface area (TPSA) is 9.23 Å². The number of halogens is 2. The van der Waals surface area contributed by atoms with Crippen LogP contribution in [0.15, 0.2) is 48.5 Å². The Morgan fingerprint density at radius 2 is 1.76 bits per heavy atom. The van der Waals surface area contributed by atoms with E-state index in [2.05, 4.69) is 20.2 Å². The first-order valence-corrected chi connectivity index (χ1v) is 7.66. The van der Waals surface area contributed by atoms with E-state index < -0.39 is 0 Å². The van der Waals surface area contributed by atoms with Gasteiger partial charge in [-0.3, -0.25) is 0 Å². The fourth-order valence-corrected chi connectivity index (χ4v) is 2.51. The van der Waals surface area contributed by atoms with Gasteiger partial charge in [0.1, 0.15) is 25.4 Å². The molecule has 0 bridgehead atoms. The summed E-state index contributed by atoms with van der Waals surface area (Å²) in [6, 6.07) is 15.4. The zero-order valence-electron chi connectivity index (χ0n) is 12.4. The van der Waals surface area contributed by atoms with Gasteiger partial charge in [-0.15, -0.1) is 0 Å². The SMILES string of the molecule is C[N+](C)(CCOc1cccc(Cl)c1)Cc1ccccc1Cl. The minimum Gasteiger partial charge on any atom is -0.488 e. The molecule has 4 heteroatoms. The molecule has 0 amide bonds. The molecule has 0 aliphatic carbocycles. The smallest absolute Gasteiger partial charge is 0.137 e. The van der Waals surface area contributed by atoms with Gasteiger partial charge in [0, 0.05) is 15.6 Å². The van der Waals surface area contributed by atoms with Crippen LogP contribution in [0, 0.1) is 0 Å². The number of ether oxygens (including phenoxy) is 1. The van der Waals surface area contributed by atoms with Crippen LogP contribution in [0.2, 0.25) is 10.0 Å². The summed E-state index contributed by atoms with van der Waals surface area (Å²) in [6.45, 7) is 2.40. The van der Waals surface area contributed by atoms with Gasteiger partial charge in [-0.2, -0.15) is 0 Å². The van der Waals surface area contributed by atoms with Crippen LogP contribution in [-0.2, 0) is 6.54 Å². The molecular weight excluding hydrogens is 305 g/mol. The Kier molecular flexibility index (Phi) is 5.51. The summed E-state index contributed by atoms with van der Waals surface area (Å²) in [5.74, 6) is 0.806. The lowest BCUT2D eigenvalue weighted by molar-refractivity contribution is -0.903. The van der Waals surface area contributed by atoms with Crippen LogP contribution in [0.3, 0.4) is 0 Å². The van der Waals surface area contributed by atoms with Gasteiger partial charge in [0.15, 0.2) is 0 Å². The fraction of sp³-hybridized carbons (Fsp3) is 0.294. The monoisotopic (exact) mass is 324 g/mol. The Balaban J connectivity index is 1.88. The van der Waals surface area contributed by atoms with Gasteiger partial charge in [-0.1, -0.05) is 47.5 Å². The van der Waals surface area contributed by atoms with E-state index in [1.165, 1.54) is 0 Å². The molecule has 0 fully saturated rings. The largest absolute Gasteiger partial charge is 0.488 e. The molecule has 0 saturated heterocycles. The highest BCUT2D eigenvalue weighted by atomic mass is 35.5. The van der Waals surface area contributed by atoms with Crippen molar-refractivity contribution in [2.24, 2.45) is 0 Å². The Morgan fingerprint density at radius 1 is 1.00 bits per heavy atom. The first kappa shape index (κ1) is 16.2. The molecule has 0 saturated carbocycles. The van der Waals surface area contributed by atoms with Crippen LogP contribution in [0.25, 0.3) is 0 Å². The number of nitrogens with zero attached hydrogens (tertiary/aromatic N) is 1. The normalized spacial score (nSPS) is 11.4. The van der Waals surface area contributed by atoms with Crippen molar-refractivity contribution in [3.63, 3.8) is 0 Å². The molecule has 2 rings (SSSR count). The third-order valence-electron chi connectivity index (χ3n) is 3.32. The van der Waals surface area contributed by atoms with E-state index in [1.54, 1.807) is 0 Å². The van der Waals surface area contributed by atoms with E-state index in [0.29, 0.717) is 11.6 Å². The fourth-order valence-electron chi connectivity index (χ4n) is 2.13. The predicted molar refractivity (Wildman–Crippen MR) is 89.1 cm³/mol. The summed E-state index contributed by atoms with van der Waals surface area (Å²) in [4.78, 5) is 0. The first-order chi connectivity index (χ1) is 9.96. The van der Waals surface area contributed by atoms with E-state index >= 15 is 0 Å². The number of likely N-dealkylation sites (N-methyl/N-ethyl adjacent to an activating group) is 1. The Labute approximate surface area is 136 Å². The highest BCUT2D eigenvalue weighted by Crippen LogP contribution is 2.20. The first-order valence-electron chi connectivity index (χ1n) is 6.90. The van der Waals surface area contributed by atoms with Crippen molar-refractivity contribution in [1.82, 2.24) is 0 Å². The van der Waals surface area contributed by atoms with Gasteiger partial charge in [-0.25, -0.2) is 0 Å². The molecule has 0 heterocycles. The zero-order valence-corrected chi connectivity index (χ0v) is 13.9. The molecule has 0 radical (unpaired) electrons. The lowest BCUT2D eigenvalue weighted by Crippen LogP contribution is -2.42. The van der Waals surface area contributed by atoms with E-state index in [9.17, 15) is 0 Å². The average Bonchev–Trinajstić information content (AvgIpc) is 2.41. The van der Waals surface area contributed by atoms with Crippen molar-refractivity contribution >= 4 is 23.2 Å². The molecule has 0 atom stereocenters. The van der Waals surface area contributed by atoms with Gasteiger partial charge >= 0.3 is 0 Å². The molecule has 2 aromatic rings. The van der Waals surface area contributed by atoms with Crippen molar-refractivity contribution < 1.29 is 9.22 Å². The van der Waals surface area contributed by atoms with E-state index in [4.69, 9.17) is 27.9 Å². The van der Waals surface area contributed by atoms with Gasteiger partial charge in [0.25, 0.3) is 0 Å². The molecule has 112 valence electrons. The van der Waals surface area contributed by atoms with Crippen LogP contribution in [-0.4, -0.2) is 31.7 Å². The standard InChI is InChI=1S/C17H20Cl2NO/c1-20(2,13-14-6-3-4-9-17(14)19)10-11-21-16-8-5-7-15(18)12-16/h3-9,12H,10-11,13H2,1-2H3/q+1. The van der Waals surface area contributed by atoms with Crippen LogP contribution in [0.5, 0.6) is 5.75 Å². The van der Waals surface area contributed by atoms with Gasteiger partial charge in [0.2, 0.25) is 0 Å². The predicted octanol–water partition coefficient (Wildman–Crippen LogP) is 4.65. The summed E-state index contributed by atoms with van der Waals surface area (Å²) < 4.78 is 6.57. The average molecular weight is 325 g/mol. The summed E-state index contributed by atoms with van der Waals surface area (Å²) in [5.41, 5.74) is 1.16. The molecule has 2 aromatic carbocycles. The molecule has 2 nitrogen and oxygen atoms in total. The highest BCUT2D eigenvalue weighted by Gasteiger charge is 2.17. The highest BCUT2D eigenvalue weighted by molar-refractivity contribution is 6.31. The van der Waals surface area contributed by atoms with E-state index in [1.807, 2.05) is 42.5 Å². The maximum absolute atomic E-state index is 6.22. The second-order valence-corrected chi connectivity index (χ2v) is 6.56. The third kappa shape index (κ3) is 5.24. The van der Waals surface area contributed by atoms with Crippen LogP contribution >= 0.6 is 23.2 Å². The third-order valence-corrected chi connectivity index (χ3v) is 3.92. The lowest BCUT2D eigenvalue weighted by atomic mass is 10.2. The Bertz CT molecular complexity index is 599. The maximum atomic E-state index is 6.22. The molecule has 0 aliphatic rings. The molecule has 0 aliphatic heterocycles. The minimum absolute atomic E-state index is 0.637. The molecule has 0 unspecified atom stereocenters. The Hall–Kier alpha value is -1.22. The number of hydrogen-bond acceptors (Lipinski definition) is 1. The summed E-state index contributed by atoms with van der Waals surface area (Å²) in [7, 11) is 4.34. The number of quaternary nitrogens is 1. The minimum atomic E-state index is 0.637. The van der Waals surface area contributed by atoms with Gasteiger partial charge in [0.05, 0.1) is 14.1 Å². The zero-order chi connectivity index (χ0) is 15.3. The van der Waals surface area contributed by atoms with Gasteiger partial charge in [-0.05, 0) is 24.3 Å². The van der Waals surface area contributed by atoms with Crippen LogP contribution < -0.4 is 4.74 Å². The van der Waals surface area contributed by atoms with Crippen LogP contribution in [0.1, 0.15) is 5.56 Å². The molecule has 21 heavy (non-hydrogen) atoms. The second kappa shape index (κ2) is 7.17. The molecule has 0 spiro atoms. The van der Waals surface area contributed by atoms with Crippen molar-refractivity contribution in [1.29, 1.82) is 0 Å². The van der Waals surface area contributed by atoms with Crippen molar-refractivity contribution in [2.75, 3.05) is 27.2 Å². The Morgan fingerprint density at radius 3 is 2.48 bits per heavy atom. The summed E-state index contributed by atoms with van der Waals surface area (Å²) in [5, 5.41) is 1.51. The summed E-state index contributed by atoms with van der Waals surface area (Å²) >= 11 is 12.2. The van der Waals surface area contributed by atoms with Crippen molar-refractivity contribution in [3.8, 4) is 5.75 Å². The number of benzene rings is 2. The van der Waals surface area contributed by atoms with E-state index in [-0.39, 0.29) is 0 Å². The van der Waals surface area contributed by atoms with Gasteiger partial charge < -0.3 is 9.22 Å². The van der Waals surface area contributed by atoms with E-state index in [0.717, 1.165) is 33.9 Å². The van der Waals surface area contributed by atoms with Crippen LogP contribution in [0.4, 0.5) is 0 Å².